The molecule has 0 fully saturated rings. The highest BCUT2D eigenvalue weighted by Crippen LogP contribution is 2.35. The van der Waals surface area contributed by atoms with Crippen LogP contribution in [-0.2, 0) is 9.05 Å². The summed E-state index contributed by atoms with van der Waals surface area (Å²) >= 11 is 11.8. The first-order chi connectivity index (χ1) is 7.91. The van der Waals surface area contributed by atoms with Crippen molar-refractivity contribution in [3.05, 3.63) is 34.4 Å². The molecule has 0 saturated heterocycles. The Labute approximate surface area is 112 Å². The summed E-state index contributed by atoms with van der Waals surface area (Å²) in [7, 11) is 1.39. The van der Waals surface area contributed by atoms with Crippen LogP contribution in [0.15, 0.2) is 29.3 Å². The minimum Gasteiger partial charge on any atom is -0.276 e. The number of nitrogens with one attached hydrogen (secondary N) is 1. The Morgan fingerprint density at radius 3 is 2.59 bits per heavy atom. The zero-order chi connectivity index (χ0) is 12.6. The minimum atomic E-state index is -3.89. The first-order valence-corrected chi connectivity index (χ1v) is 7.40. The van der Waals surface area contributed by atoms with Gasteiger partial charge in [0.25, 0.3) is 9.05 Å². The Bertz CT molecular complexity index is 667. The van der Waals surface area contributed by atoms with Gasteiger partial charge >= 0.3 is 0 Å². The van der Waals surface area contributed by atoms with Gasteiger partial charge in [0.05, 0.1) is 21.9 Å². The number of rotatable bonds is 2. The van der Waals surface area contributed by atoms with Gasteiger partial charge in [-0.1, -0.05) is 35.3 Å². The number of hydrogen-bond acceptors (Lipinski definition) is 3. The molecule has 2 rings (SSSR count). The van der Waals surface area contributed by atoms with Gasteiger partial charge in [-0.05, 0) is 6.07 Å². The van der Waals surface area contributed by atoms with Crippen LogP contribution in [0.25, 0.3) is 11.3 Å². The zero-order valence-electron chi connectivity index (χ0n) is 8.12. The van der Waals surface area contributed by atoms with Gasteiger partial charge in [-0.3, -0.25) is 5.10 Å². The van der Waals surface area contributed by atoms with Gasteiger partial charge in [-0.15, -0.1) is 0 Å². The van der Waals surface area contributed by atoms with E-state index in [-0.39, 0.29) is 15.6 Å². The quantitative estimate of drug-likeness (QED) is 0.865. The van der Waals surface area contributed by atoms with Crippen LogP contribution in [0.4, 0.5) is 0 Å². The molecule has 2 aromatic rings. The number of hydrogen-bond donors (Lipinski definition) is 1. The van der Waals surface area contributed by atoms with Crippen LogP contribution in [0.2, 0.25) is 10.0 Å². The van der Waals surface area contributed by atoms with Gasteiger partial charge in [0.2, 0.25) is 0 Å². The van der Waals surface area contributed by atoms with Crippen molar-refractivity contribution in [2.24, 2.45) is 0 Å². The van der Waals surface area contributed by atoms with Crippen molar-refractivity contribution >= 4 is 42.9 Å². The Balaban J connectivity index is 2.71. The van der Waals surface area contributed by atoms with E-state index in [9.17, 15) is 8.42 Å². The molecule has 0 spiro atoms. The third-order valence-corrected chi connectivity index (χ3v) is 4.24. The lowest BCUT2D eigenvalue weighted by molar-refractivity contribution is 0.610. The van der Waals surface area contributed by atoms with Crippen LogP contribution in [0, 0.1) is 0 Å². The summed E-state index contributed by atoms with van der Waals surface area (Å²) in [6.45, 7) is 0. The lowest BCUT2D eigenvalue weighted by Gasteiger charge is -2.04. The summed E-state index contributed by atoms with van der Waals surface area (Å²) < 4.78 is 22.6. The highest BCUT2D eigenvalue weighted by Gasteiger charge is 2.21. The van der Waals surface area contributed by atoms with Crippen molar-refractivity contribution in [3.63, 3.8) is 0 Å². The Morgan fingerprint density at radius 1 is 1.24 bits per heavy atom. The van der Waals surface area contributed by atoms with Crippen molar-refractivity contribution in [1.29, 1.82) is 0 Å². The van der Waals surface area contributed by atoms with E-state index >= 15 is 0 Å². The number of aromatic nitrogens is 2. The summed E-state index contributed by atoms with van der Waals surface area (Å²) in [4.78, 5) is -0.136. The average Bonchev–Trinajstić information content (AvgIpc) is 2.70. The van der Waals surface area contributed by atoms with Crippen LogP contribution in [0.5, 0.6) is 0 Å². The molecule has 1 aromatic carbocycles. The maximum Gasteiger partial charge on any atom is 0.265 e. The van der Waals surface area contributed by atoms with Crippen molar-refractivity contribution in [3.8, 4) is 11.3 Å². The van der Waals surface area contributed by atoms with Gasteiger partial charge in [0.15, 0.2) is 0 Å². The highest BCUT2D eigenvalue weighted by atomic mass is 35.7. The fourth-order valence-corrected chi connectivity index (χ4v) is 2.67. The van der Waals surface area contributed by atoms with E-state index in [4.69, 9.17) is 33.9 Å². The topological polar surface area (TPSA) is 62.8 Å². The molecule has 0 bridgehead atoms. The molecule has 1 aromatic heterocycles. The molecule has 0 aliphatic heterocycles. The molecule has 0 aliphatic rings. The third-order valence-electron chi connectivity index (χ3n) is 2.09. The molecule has 0 radical (unpaired) electrons. The second-order valence-electron chi connectivity index (χ2n) is 3.15. The number of H-pyrrole nitrogens is 1. The fourth-order valence-electron chi connectivity index (χ4n) is 1.35. The standard InChI is InChI=1S/C9H5Cl3N2O2S/c10-6-3-1-2-5(8(6)11)9-7(4-13-14-9)17(12,15)16/h1-4H,(H,13,14). The van der Waals surface area contributed by atoms with Crippen LogP contribution < -0.4 is 0 Å². The second kappa shape index (κ2) is 4.49. The zero-order valence-corrected chi connectivity index (χ0v) is 11.2. The number of halogens is 3. The molecule has 90 valence electrons. The molecule has 17 heavy (non-hydrogen) atoms. The summed E-state index contributed by atoms with van der Waals surface area (Å²) in [6, 6.07) is 4.86. The van der Waals surface area contributed by atoms with E-state index < -0.39 is 9.05 Å². The summed E-state index contributed by atoms with van der Waals surface area (Å²) in [5.41, 5.74) is 0.642. The van der Waals surface area contributed by atoms with Crippen LogP contribution in [0.3, 0.4) is 0 Å². The highest BCUT2D eigenvalue weighted by molar-refractivity contribution is 8.13. The predicted molar refractivity (Wildman–Crippen MR) is 67.1 cm³/mol. The average molecular weight is 312 g/mol. The van der Waals surface area contributed by atoms with E-state index in [1.54, 1.807) is 18.2 Å². The summed E-state index contributed by atoms with van der Waals surface area (Å²) in [6.07, 6.45) is 1.12. The van der Waals surface area contributed by atoms with Gasteiger partial charge < -0.3 is 0 Å². The normalized spacial score (nSPS) is 11.7. The first kappa shape index (κ1) is 12.7. The molecular weight excluding hydrogens is 307 g/mol. The fraction of sp³-hybridized carbons (Fsp3) is 0. The first-order valence-electron chi connectivity index (χ1n) is 4.33. The van der Waals surface area contributed by atoms with Crippen molar-refractivity contribution in [1.82, 2.24) is 10.2 Å². The summed E-state index contributed by atoms with van der Waals surface area (Å²) in [5, 5.41) is 6.74. The van der Waals surface area contributed by atoms with E-state index in [1.165, 1.54) is 0 Å². The van der Waals surface area contributed by atoms with Crippen molar-refractivity contribution in [2.45, 2.75) is 4.90 Å². The Morgan fingerprint density at radius 2 is 1.94 bits per heavy atom. The molecule has 1 N–H and O–H groups in total. The number of nitrogens with zero attached hydrogens (tertiary/aromatic N) is 1. The number of aromatic amines is 1. The van der Waals surface area contributed by atoms with Crippen LogP contribution >= 0.6 is 33.9 Å². The Kier molecular flexibility index (Phi) is 3.36. The van der Waals surface area contributed by atoms with Crippen LogP contribution in [-0.4, -0.2) is 18.6 Å². The lowest BCUT2D eigenvalue weighted by atomic mass is 10.1. The van der Waals surface area contributed by atoms with Crippen LogP contribution in [0.1, 0.15) is 0 Å². The van der Waals surface area contributed by atoms with Crippen molar-refractivity contribution < 1.29 is 8.42 Å². The molecule has 0 aliphatic carbocycles. The smallest absolute Gasteiger partial charge is 0.265 e. The maximum atomic E-state index is 11.3. The molecule has 0 unspecified atom stereocenters. The minimum absolute atomic E-state index is 0.136. The molecule has 4 nitrogen and oxygen atoms in total. The predicted octanol–water partition coefficient (Wildman–Crippen LogP) is 3.31. The second-order valence-corrected chi connectivity index (χ2v) is 6.47. The Hall–Kier alpha value is -0.750. The molecule has 0 amide bonds. The lowest BCUT2D eigenvalue weighted by Crippen LogP contribution is -1.92. The van der Waals surface area contributed by atoms with Gasteiger partial charge in [0, 0.05) is 16.2 Å². The van der Waals surface area contributed by atoms with Gasteiger partial charge in [-0.25, -0.2) is 8.42 Å². The molecular formula is C9H5Cl3N2O2S. The van der Waals surface area contributed by atoms with Gasteiger partial charge in [-0.2, -0.15) is 5.10 Å². The van der Waals surface area contributed by atoms with E-state index in [0.29, 0.717) is 10.6 Å². The SMILES string of the molecule is O=S(=O)(Cl)c1cn[nH]c1-c1cccc(Cl)c1Cl. The monoisotopic (exact) mass is 310 g/mol. The van der Waals surface area contributed by atoms with Crippen molar-refractivity contribution in [2.75, 3.05) is 0 Å². The third kappa shape index (κ3) is 2.42. The molecule has 0 atom stereocenters. The summed E-state index contributed by atoms with van der Waals surface area (Å²) in [5.74, 6) is 0. The molecule has 1 heterocycles. The largest absolute Gasteiger partial charge is 0.276 e. The number of benzene rings is 1. The van der Waals surface area contributed by atoms with E-state index in [2.05, 4.69) is 10.2 Å². The maximum absolute atomic E-state index is 11.3. The van der Waals surface area contributed by atoms with E-state index in [0.717, 1.165) is 6.20 Å². The van der Waals surface area contributed by atoms with E-state index in [1.807, 2.05) is 0 Å². The molecule has 8 heteroatoms. The molecule has 0 saturated carbocycles. The van der Waals surface area contributed by atoms with Gasteiger partial charge in [0.1, 0.15) is 4.90 Å².